The molecule has 0 spiro atoms. The first kappa shape index (κ1) is 13.5. The standard InChI is InChI=1S/C14H19N3O2/c1-3-17-14(15-10-16-17)9-13(18)11-5-7-12(8-6-11)19-4-2/h5-8,10,13,18H,3-4,9H2,1-2H3. The summed E-state index contributed by atoms with van der Waals surface area (Å²) in [6.07, 6.45) is 1.40. The molecule has 0 radical (unpaired) electrons. The molecule has 1 N–H and O–H groups in total. The molecule has 2 rings (SSSR count). The van der Waals surface area contributed by atoms with Crippen LogP contribution in [0.4, 0.5) is 0 Å². The molecule has 1 aromatic heterocycles. The Kier molecular flexibility index (Phi) is 4.52. The molecule has 2 aromatic rings. The smallest absolute Gasteiger partial charge is 0.138 e. The van der Waals surface area contributed by atoms with E-state index in [0.717, 1.165) is 23.7 Å². The fourth-order valence-corrected chi connectivity index (χ4v) is 1.95. The lowest BCUT2D eigenvalue weighted by Gasteiger charge is -2.12. The van der Waals surface area contributed by atoms with Crippen LogP contribution in [0.5, 0.6) is 5.75 Å². The highest BCUT2D eigenvalue weighted by Gasteiger charge is 2.12. The van der Waals surface area contributed by atoms with Gasteiger partial charge in [0.15, 0.2) is 0 Å². The maximum atomic E-state index is 10.2. The molecule has 19 heavy (non-hydrogen) atoms. The second-order valence-corrected chi connectivity index (χ2v) is 4.21. The molecule has 0 aliphatic carbocycles. The van der Waals surface area contributed by atoms with Crippen molar-refractivity contribution < 1.29 is 9.84 Å². The van der Waals surface area contributed by atoms with Crippen molar-refractivity contribution in [1.82, 2.24) is 14.8 Å². The first-order chi connectivity index (χ1) is 9.24. The Morgan fingerprint density at radius 2 is 2.00 bits per heavy atom. The molecule has 0 aliphatic heterocycles. The van der Waals surface area contributed by atoms with Crippen molar-refractivity contribution in [2.75, 3.05) is 6.61 Å². The Hall–Kier alpha value is -1.88. The Bertz CT molecular complexity index is 508. The molecule has 0 aliphatic rings. The van der Waals surface area contributed by atoms with Crippen LogP contribution in [0.2, 0.25) is 0 Å². The van der Waals surface area contributed by atoms with E-state index in [0.29, 0.717) is 13.0 Å². The molecule has 5 nitrogen and oxygen atoms in total. The Labute approximate surface area is 112 Å². The number of hydrogen-bond donors (Lipinski definition) is 1. The molecular weight excluding hydrogens is 242 g/mol. The Balaban J connectivity index is 2.05. The molecule has 0 amide bonds. The van der Waals surface area contributed by atoms with Crippen molar-refractivity contribution in [3.8, 4) is 5.75 Å². The third-order valence-corrected chi connectivity index (χ3v) is 2.95. The first-order valence-corrected chi connectivity index (χ1v) is 6.52. The van der Waals surface area contributed by atoms with Crippen LogP contribution in [0, 0.1) is 0 Å². The molecular formula is C14H19N3O2. The van der Waals surface area contributed by atoms with Crippen LogP contribution in [-0.2, 0) is 13.0 Å². The number of ether oxygens (including phenoxy) is 1. The van der Waals surface area contributed by atoms with Crippen molar-refractivity contribution in [1.29, 1.82) is 0 Å². The number of aromatic nitrogens is 3. The number of rotatable bonds is 6. The number of nitrogens with zero attached hydrogens (tertiary/aromatic N) is 3. The van der Waals surface area contributed by atoms with Gasteiger partial charge in [0.2, 0.25) is 0 Å². The molecule has 102 valence electrons. The SMILES string of the molecule is CCOc1ccc(C(O)Cc2ncnn2CC)cc1. The summed E-state index contributed by atoms with van der Waals surface area (Å²) >= 11 is 0. The quantitative estimate of drug-likeness (QED) is 0.863. The van der Waals surface area contributed by atoms with Crippen LogP contribution in [0.25, 0.3) is 0 Å². The Morgan fingerprint density at radius 1 is 1.26 bits per heavy atom. The van der Waals surface area contributed by atoms with Gasteiger partial charge < -0.3 is 9.84 Å². The van der Waals surface area contributed by atoms with Crippen LogP contribution < -0.4 is 4.74 Å². The fourth-order valence-electron chi connectivity index (χ4n) is 1.95. The maximum absolute atomic E-state index is 10.2. The van der Waals surface area contributed by atoms with Gasteiger partial charge in [0.25, 0.3) is 0 Å². The minimum atomic E-state index is -0.579. The third-order valence-electron chi connectivity index (χ3n) is 2.95. The van der Waals surface area contributed by atoms with E-state index in [2.05, 4.69) is 10.1 Å². The van der Waals surface area contributed by atoms with E-state index in [4.69, 9.17) is 4.74 Å². The summed E-state index contributed by atoms with van der Waals surface area (Å²) in [6.45, 7) is 5.34. The van der Waals surface area contributed by atoms with E-state index < -0.39 is 6.10 Å². The zero-order valence-corrected chi connectivity index (χ0v) is 11.3. The van der Waals surface area contributed by atoms with Gasteiger partial charge in [-0.1, -0.05) is 12.1 Å². The highest BCUT2D eigenvalue weighted by atomic mass is 16.5. The molecule has 0 fully saturated rings. The highest BCUT2D eigenvalue weighted by Crippen LogP contribution is 2.20. The molecule has 1 atom stereocenters. The lowest BCUT2D eigenvalue weighted by Crippen LogP contribution is -2.09. The summed E-state index contributed by atoms with van der Waals surface area (Å²) in [5.74, 6) is 1.61. The van der Waals surface area contributed by atoms with E-state index in [-0.39, 0.29) is 0 Å². The normalized spacial score (nSPS) is 12.4. The molecule has 0 bridgehead atoms. The zero-order valence-electron chi connectivity index (χ0n) is 11.3. The number of aliphatic hydroxyl groups excluding tert-OH is 1. The van der Waals surface area contributed by atoms with Crippen LogP contribution in [0.3, 0.4) is 0 Å². The van der Waals surface area contributed by atoms with Gasteiger partial charge in [-0.15, -0.1) is 0 Å². The summed E-state index contributed by atoms with van der Waals surface area (Å²) in [6, 6.07) is 7.49. The van der Waals surface area contributed by atoms with Gasteiger partial charge in [-0.25, -0.2) is 4.98 Å². The lowest BCUT2D eigenvalue weighted by molar-refractivity contribution is 0.174. The van der Waals surface area contributed by atoms with Crippen molar-refractivity contribution >= 4 is 0 Å². The summed E-state index contributed by atoms with van der Waals surface area (Å²) in [5.41, 5.74) is 0.856. The topological polar surface area (TPSA) is 60.2 Å². The summed E-state index contributed by atoms with van der Waals surface area (Å²) < 4.78 is 7.16. The second kappa shape index (κ2) is 6.33. The largest absolute Gasteiger partial charge is 0.494 e. The van der Waals surface area contributed by atoms with E-state index in [9.17, 15) is 5.11 Å². The van der Waals surface area contributed by atoms with E-state index >= 15 is 0 Å². The summed E-state index contributed by atoms with van der Waals surface area (Å²) in [4.78, 5) is 4.17. The van der Waals surface area contributed by atoms with E-state index in [1.807, 2.05) is 38.1 Å². The van der Waals surface area contributed by atoms with Crippen molar-refractivity contribution in [3.63, 3.8) is 0 Å². The van der Waals surface area contributed by atoms with Crippen LogP contribution >= 0.6 is 0 Å². The molecule has 1 heterocycles. The zero-order chi connectivity index (χ0) is 13.7. The van der Waals surface area contributed by atoms with Gasteiger partial charge in [0.1, 0.15) is 17.9 Å². The van der Waals surface area contributed by atoms with Gasteiger partial charge in [-0.2, -0.15) is 5.10 Å². The minimum absolute atomic E-state index is 0.460. The van der Waals surface area contributed by atoms with Gasteiger partial charge in [-0.3, -0.25) is 4.68 Å². The average Bonchev–Trinajstić information content (AvgIpc) is 2.87. The van der Waals surface area contributed by atoms with Gasteiger partial charge in [-0.05, 0) is 31.5 Å². The molecule has 5 heteroatoms. The predicted octanol–water partition coefficient (Wildman–Crippen LogP) is 1.97. The van der Waals surface area contributed by atoms with Gasteiger partial charge in [0.05, 0.1) is 12.7 Å². The second-order valence-electron chi connectivity index (χ2n) is 4.21. The number of aryl methyl sites for hydroxylation is 1. The van der Waals surface area contributed by atoms with E-state index in [1.165, 1.54) is 6.33 Å². The van der Waals surface area contributed by atoms with Crippen LogP contribution in [0.1, 0.15) is 31.3 Å². The molecule has 0 saturated heterocycles. The Morgan fingerprint density at radius 3 is 2.63 bits per heavy atom. The number of benzene rings is 1. The maximum Gasteiger partial charge on any atom is 0.138 e. The van der Waals surface area contributed by atoms with E-state index in [1.54, 1.807) is 4.68 Å². The van der Waals surface area contributed by atoms with Crippen LogP contribution in [0.15, 0.2) is 30.6 Å². The number of hydrogen-bond acceptors (Lipinski definition) is 4. The monoisotopic (exact) mass is 261 g/mol. The summed E-state index contributed by atoms with van der Waals surface area (Å²) in [5, 5.41) is 14.3. The molecule has 1 aromatic carbocycles. The first-order valence-electron chi connectivity index (χ1n) is 6.52. The average molecular weight is 261 g/mol. The molecule has 0 saturated carbocycles. The van der Waals surface area contributed by atoms with Crippen molar-refractivity contribution in [3.05, 3.63) is 42.0 Å². The van der Waals surface area contributed by atoms with Crippen molar-refractivity contribution in [2.24, 2.45) is 0 Å². The van der Waals surface area contributed by atoms with Gasteiger partial charge in [0, 0.05) is 13.0 Å². The lowest BCUT2D eigenvalue weighted by atomic mass is 10.1. The number of aliphatic hydroxyl groups is 1. The van der Waals surface area contributed by atoms with Crippen LogP contribution in [-0.4, -0.2) is 26.5 Å². The highest BCUT2D eigenvalue weighted by molar-refractivity contribution is 5.28. The fraction of sp³-hybridized carbons (Fsp3) is 0.429. The predicted molar refractivity (Wildman–Crippen MR) is 72.0 cm³/mol. The van der Waals surface area contributed by atoms with Gasteiger partial charge >= 0.3 is 0 Å². The third kappa shape index (κ3) is 3.32. The minimum Gasteiger partial charge on any atom is -0.494 e. The van der Waals surface area contributed by atoms with Crippen molar-refractivity contribution in [2.45, 2.75) is 32.9 Å². The summed E-state index contributed by atoms with van der Waals surface area (Å²) in [7, 11) is 0. The molecule has 1 unspecified atom stereocenters.